The molecule has 5 nitrogen and oxygen atoms in total. The minimum atomic E-state index is 0.0992. The highest BCUT2D eigenvalue weighted by molar-refractivity contribution is 8.01. The Bertz CT molecular complexity index is 852. The van der Waals surface area contributed by atoms with Crippen LogP contribution >= 0.6 is 34.4 Å². The number of benzene rings is 1. The van der Waals surface area contributed by atoms with Gasteiger partial charge in [-0.05, 0) is 31.5 Å². The SMILES string of the molecule is Cc1cccc(Nc2nnc(SCCn3c(C)csc3=O)s2)c1. The number of nitrogens with one attached hydrogen (secondary N) is 1. The van der Waals surface area contributed by atoms with Crippen molar-refractivity contribution in [3.8, 4) is 0 Å². The first-order valence-electron chi connectivity index (χ1n) is 7.07. The molecule has 0 aliphatic rings. The summed E-state index contributed by atoms with van der Waals surface area (Å²) in [6.45, 7) is 4.71. The second-order valence-corrected chi connectivity index (χ2v) is 8.15. The van der Waals surface area contributed by atoms with Gasteiger partial charge in [0.05, 0.1) is 0 Å². The van der Waals surface area contributed by atoms with Crippen LogP contribution in [0, 0.1) is 13.8 Å². The number of thioether (sulfide) groups is 1. The molecule has 1 aromatic carbocycles. The highest BCUT2D eigenvalue weighted by Gasteiger charge is 2.07. The predicted molar refractivity (Wildman–Crippen MR) is 98.4 cm³/mol. The molecule has 0 bridgehead atoms. The maximum absolute atomic E-state index is 11.7. The predicted octanol–water partition coefficient (Wildman–Crippen LogP) is 3.91. The first-order valence-corrected chi connectivity index (χ1v) is 9.75. The molecule has 0 fully saturated rings. The molecule has 120 valence electrons. The Kier molecular flexibility index (Phi) is 5.14. The summed E-state index contributed by atoms with van der Waals surface area (Å²) in [5.74, 6) is 0.802. The summed E-state index contributed by atoms with van der Waals surface area (Å²) in [4.78, 5) is 11.8. The van der Waals surface area contributed by atoms with Gasteiger partial charge in [0.15, 0.2) is 4.34 Å². The number of thiazole rings is 1. The van der Waals surface area contributed by atoms with Crippen molar-refractivity contribution in [3.05, 3.63) is 50.6 Å². The minimum absolute atomic E-state index is 0.0992. The fourth-order valence-corrected chi connectivity index (χ4v) is 4.59. The number of hydrogen-bond acceptors (Lipinski definition) is 7. The maximum Gasteiger partial charge on any atom is 0.307 e. The molecule has 0 aliphatic heterocycles. The number of nitrogens with zero attached hydrogens (tertiary/aromatic N) is 3. The molecule has 2 aromatic heterocycles. The fraction of sp³-hybridized carbons (Fsp3) is 0.267. The van der Waals surface area contributed by atoms with E-state index in [-0.39, 0.29) is 4.87 Å². The van der Waals surface area contributed by atoms with Crippen molar-refractivity contribution >= 4 is 45.3 Å². The molecule has 0 amide bonds. The third-order valence-corrected chi connectivity index (χ3v) is 6.03. The van der Waals surface area contributed by atoms with Crippen LogP contribution in [-0.4, -0.2) is 20.5 Å². The topological polar surface area (TPSA) is 59.8 Å². The zero-order valence-corrected chi connectivity index (χ0v) is 15.2. The Balaban J connectivity index is 1.56. The summed E-state index contributed by atoms with van der Waals surface area (Å²) in [6.07, 6.45) is 0. The Morgan fingerprint density at radius 2 is 2.17 bits per heavy atom. The van der Waals surface area contributed by atoms with Gasteiger partial charge in [0, 0.05) is 29.1 Å². The van der Waals surface area contributed by atoms with Crippen LogP contribution in [0.15, 0.2) is 38.8 Å². The molecule has 23 heavy (non-hydrogen) atoms. The summed E-state index contributed by atoms with van der Waals surface area (Å²) in [7, 11) is 0. The average molecular weight is 365 g/mol. The lowest BCUT2D eigenvalue weighted by Gasteiger charge is -2.02. The monoisotopic (exact) mass is 364 g/mol. The van der Waals surface area contributed by atoms with Crippen LogP contribution in [0.4, 0.5) is 10.8 Å². The second-order valence-electron chi connectivity index (χ2n) is 5.01. The molecule has 0 radical (unpaired) electrons. The number of rotatable bonds is 6. The van der Waals surface area contributed by atoms with Gasteiger partial charge in [-0.25, -0.2) is 0 Å². The fourth-order valence-electron chi connectivity index (χ4n) is 2.06. The zero-order chi connectivity index (χ0) is 16.2. The van der Waals surface area contributed by atoms with Gasteiger partial charge in [0.25, 0.3) is 0 Å². The third-order valence-electron chi connectivity index (χ3n) is 3.19. The standard InChI is InChI=1S/C15H16N4OS3/c1-10-4-3-5-12(8-10)16-13-17-18-14(23-13)21-7-6-19-11(2)9-22-15(19)20/h3-5,8-9H,6-7H2,1-2H3,(H,16,17). The molecule has 0 spiro atoms. The van der Waals surface area contributed by atoms with E-state index in [0.29, 0.717) is 6.54 Å². The molecule has 8 heteroatoms. The van der Waals surface area contributed by atoms with Crippen LogP contribution in [0.1, 0.15) is 11.3 Å². The van der Waals surface area contributed by atoms with Crippen LogP contribution in [0.25, 0.3) is 0 Å². The van der Waals surface area contributed by atoms with Gasteiger partial charge in [-0.1, -0.05) is 46.6 Å². The number of hydrogen-bond donors (Lipinski definition) is 1. The van der Waals surface area contributed by atoms with Crippen LogP contribution in [0.2, 0.25) is 0 Å². The van der Waals surface area contributed by atoms with Crippen molar-refractivity contribution in [3.63, 3.8) is 0 Å². The molecule has 3 rings (SSSR count). The van der Waals surface area contributed by atoms with E-state index in [1.165, 1.54) is 28.2 Å². The smallest absolute Gasteiger partial charge is 0.307 e. The number of anilines is 2. The van der Waals surface area contributed by atoms with Crippen molar-refractivity contribution < 1.29 is 0 Å². The molecular formula is C15H16N4OS3. The van der Waals surface area contributed by atoms with Crippen LogP contribution < -0.4 is 10.2 Å². The lowest BCUT2D eigenvalue weighted by Crippen LogP contribution is -2.15. The zero-order valence-electron chi connectivity index (χ0n) is 12.8. The molecule has 0 aliphatic carbocycles. The molecule has 0 saturated heterocycles. The molecule has 2 heterocycles. The van der Waals surface area contributed by atoms with Gasteiger partial charge in [0.1, 0.15) is 0 Å². The second kappa shape index (κ2) is 7.29. The van der Waals surface area contributed by atoms with Crippen molar-refractivity contribution in [2.45, 2.75) is 24.7 Å². The normalized spacial score (nSPS) is 10.9. The molecule has 3 aromatic rings. The van der Waals surface area contributed by atoms with Gasteiger partial charge in [-0.2, -0.15) is 0 Å². The Morgan fingerprint density at radius 1 is 1.30 bits per heavy atom. The van der Waals surface area contributed by atoms with Crippen molar-refractivity contribution in [2.24, 2.45) is 0 Å². The van der Waals surface area contributed by atoms with Crippen molar-refractivity contribution in [1.82, 2.24) is 14.8 Å². The Labute approximate surface area is 146 Å². The third kappa shape index (κ3) is 4.21. The van der Waals surface area contributed by atoms with Crippen molar-refractivity contribution in [1.29, 1.82) is 0 Å². The Hall–Kier alpha value is -1.64. The summed E-state index contributed by atoms with van der Waals surface area (Å²) >= 11 is 4.39. The van der Waals surface area contributed by atoms with E-state index >= 15 is 0 Å². The summed E-state index contributed by atoms with van der Waals surface area (Å²) in [6, 6.07) is 8.14. The van der Waals surface area contributed by atoms with Crippen LogP contribution in [0.5, 0.6) is 0 Å². The highest BCUT2D eigenvalue weighted by Crippen LogP contribution is 2.28. The van der Waals surface area contributed by atoms with Crippen molar-refractivity contribution in [2.75, 3.05) is 11.1 Å². The largest absolute Gasteiger partial charge is 0.330 e. The van der Waals surface area contributed by atoms with Crippen LogP contribution in [-0.2, 0) is 6.54 Å². The summed E-state index contributed by atoms with van der Waals surface area (Å²) in [5.41, 5.74) is 3.23. The van der Waals surface area contributed by atoms with E-state index in [1.807, 2.05) is 24.4 Å². The quantitative estimate of drug-likeness (QED) is 0.672. The van der Waals surface area contributed by atoms with Gasteiger partial charge in [-0.3, -0.25) is 4.79 Å². The Morgan fingerprint density at radius 3 is 2.91 bits per heavy atom. The van der Waals surface area contributed by atoms with Crippen LogP contribution in [0.3, 0.4) is 0 Å². The lowest BCUT2D eigenvalue weighted by molar-refractivity contribution is 0.731. The van der Waals surface area contributed by atoms with Gasteiger partial charge >= 0.3 is 4.87 Å². The van der Waals surface area contributed by atoms with E-state index in [2.05, 4.69) is 34.6 Å². The van der Waals surface area contributed by atoms with Gasteiger partial charge < -0.3 is 9.88 Å². The lowest BCUT2D eigenvalue weighted by atomic mass is 10.2. The first-order chi connectivity index (χ1) is 11.1. The molecule has 0 saturated carbocycles. The number of aryl methyl sites for hydroxylation is 2. The van der Waals surface area contributed by atoms with E-state index in [1.54, 1.807) is 16.3 Å². The number of aromatic nitrogens is 3. The molecule has 0 unspecified atom stereocenters. The van der Waals surface area contributed by atoms with E-state index in [9.17, 15) is 4.79 Å². The summed E-state index contributed by atoms with van der Waals surface area (Å²) < 4.78 is 2.70. The summed E-state index contributed by atoms with van der Waals surface area (Å²) in [5, 5.41) is 14.3. The highest BCUT2D eigenvalue weighted by atomic mass is 32.2. The molecule has 0 atom stereocenters. The van der Waals surface area contributed by atoms with Gasteiger partial charge in [0.2, 0.25) is 5.13 Å². The molecular weight excluding hydrogens is 348 g/mol. The van der Waals surface area contributed by atoms with E-state index in [0.717, 1.165) is 26.6 Å². The minimum Gasteiger partial charge on any atom is -0.330 e. The maximum atomic E-state index is 11.7. The van der Waals surface area contributed by atoms with E-state index in [4.69, 9.17) is 0 Å². The first kappa shape index (κ1) is 16.2. The van der Waals surface area contributed by atoms with Gasteiger partial charge in [-0.15, -0.1) is 10.2 Å². The van der Waals surface area contributed by atoms with E-state index < -0.39 is 0 Å². The molecule has 1 N–H and O–H groups in total. The average Bonchev–Trinajstić information content (AvgIpc) is 3.08.